The topological polar surface area (TPSA) is 78.5 Å². The number of amides is 4. The molecule has 1 aliphatic heterocycles. The van der Waals surface area contributed by atoms with Gasteiger partial charge in [-0.2, -0.15) is 0 Å². The molecule has 1 heterocycles. The zero-order chi connectivity index (χ0) is 17.0. The lowest BCUT2D eigenvalue weighted by Gasteiger charge is -2.14. The van der Waals surface area contributed by atoms with E-state index in [0.29, 0.717) is 13.0 Å². The molecule has 124 valence electrons. The Hall–Kier alpha value is -2.44. The van der Waals surface area contributed by atoms with Gasteiger partial charge in [0.1, 0.15) is 18.4 Å². The third-order valence-corrected chi connectivity index (χ3v) is 3.67. The zero-order valence-electron chi connectivity index (χ0n) is 13.1. The first-order valence-electron chi connectivity index (χ1n) is 7.51. The minimum absolute atomic E-state index is 0.0296. The van der Waals surface area contributed by atoms with Crippen LogP contribution in [0.4, 0.5) is 9.18 Å². The molecule has 0 aromatic heterocycles. The van der Waals surface area contributed by atoms with E-state index in [2.05, 4.69) is 10.6 Å². The van der Waals surface area contributed by atoms with Crippen LogP contribution in [0.3, 0.4) is 0 Å². The Balaban J connectivity index is 1.79. The second-order valence-electron chi connectivity index (χ2n) is 5.82. The molecular formula is C16H20FN3O3. The number of carbonyl (C=O) groups excluding carboxylic acids is 3. The molecule has 1 aromatic rings. The van der Waals surface area contributed by atoms with E-state index < -0.39 is 18.0 Å². The third kappa shape index (κ3) is 4.28. The van der Waals surface area contributed by atoms with Crippen LogP contribution in [0, 0.1) is 11.7 Å². The normalized spacial score (nSPS) is 17.6. The lowest BCUT2D eigenvalue weighted by molar-refractivity contribution is -0.132. The van der Waals surface area contributed by atoms with E-state index in [-0.39, 0.29) is 24.2 Å². The second-order valence-corrected chi connectivity index (χ2v) is 5.82. The summed E-state index contributed by atoms with van der Waals surface area (Å²) in [6, 6.07) is 4.89. The van der Waals surface area contributed by atoms with Crippen molar-refractivity contribution in [3.63, 3.8) is 0 Å². The highest BCUT2D eigenvalue weighted by molar-refractivity contribution is 6.06. The quantitative estimate of drug-likeness (QED) is 0.769. The molecule has 4 amide bonds. The van der Waals surface area contributed by atoms with Crippen LogP contribution in [0.25, 0.3) is 0 Å². The Kier molecular flexibility index (Phi) is 5.31. The van der Waals surface area contributed by atoms with Crippen LogP contribution in [0.1, 0.15) is 19.4 Å². The largest absolute Gasteiger partial charge is 0.354 e. The zero-order valence-corrected chi connectivity index (χ0v) is 13.1. The average molecular weight is 321 g/mol. The molecule has 0 saturated carbocycles. The Morgan fingerprint density at radius 3 is 2.52 bits per heavy atom. The van der Waals surface area contributed by atoms with Crippen molar-refractivity contribution >= 4 is 17.8 Å². The molecule has 1 saturated heterocycles. The van der Waals surface area contributed by atoms with Gasteiger partial charge >= 0.3 is 6.03 Å². The maximum absolute atomic E-state index is 12.8. The van der Waals surface area contributed by atoms with Crippen molar-refractivity contribution in [1.82, 2.24) is 15.5 Å². The second kappa shape index (κ2) is 7.21. The molecule has 0 aliphatic carbocycles. The fourth-order valence-corrected chi connectivity index (χ4v) is 2.34. The summed E-state index contributed by atoms with van der Waals surface area (Å²) >= 11 is 0. The lowest BCUT2D eigenvalue weighted by Crippen LogP contribution is -2.42. The standard InChI is InChI=1S/C16H20FN3O3/c1-10(2)14-15(22)20(16(23)19-14)9-13(21)18-8-7-11-3-5-12(17)6-4-11/h3-6,10,14H,7-9H2,1-2H3,(H,18,21)(H,19,23). The Morgan fingerprint density at radius 2 is 1.96 bits per heavy atom. The van der Waals surface area contributed by atoms with Crippen molar-refractivity contribution in [3.8, 4) is 0 Å². The number of rotatable bonds is 6. The molecule has 6 nitrogen and oxygen atoms in total. The molecule has 7 heteroatoms. The van der Waals surface area contributed by atoms with E-state index in [1.54, 1.807) is 12.1 Å². The van der Waals surface area contributed by atoms with Gasteiger partial charge in [-0.05, 0) is 30.0 Å². The molecule has 2 rings (SSSR count). The number of nitrogens with zero attached hydrogens (tertiary/aromatic N) is 1. The molecule has 1 unspecified atom stereocenters. The first-order valence-corrected chi connectivity index (χ1v) is 7.51. The minimum Gasteiger partial charge on any atom is -0.354 e. The van der Waals surface area contributed by atoms with Gasteiger partial charge in [0.2, 0.25) is 5.91 Å². The van der Waals surface area contributed by atoms with Crippen molar-refractivity contribution in [2.24, 2.45) is 5.92 Å². The third-order valence-electron chi connectivity index (χ3n) is 3.67. The fourth-order valence-electron chi connectivity index (χ4n) is 2.34. The van der Waals surface area contributed by atoms with Crippen molar-refractivity contribution in [3.05, 3.63) is 35.6 Å². The molecule has 1 aliphatic rings. The molecule has 1 fully saturated rings. The maximum atomic E-state index is 12.8. The monoisotopic (exact) mass is 321 g/mol. The van der Waals surface area contributed by atoms with Gasteiger partial charge < -0.3 is 10.6 Å². The van der Waals surface area contributed by atoms with Crippen molar-refractivity contribution < 1.29 is 18.8 Å². The predicted octanol–water partition coefficient (Wildman–Crippen LogP) is 1.06. The summed E-state index contributed by atoms with van der Waals surface area (Å²) in [7, 11) is 0. The van der Waals surface area contributed by atoms with Crippen LogP contribution in [-0.2, 0) is 16.0 Å². The maximum Gasteiger partial charge on any atom is 0.325 e. The predicted molar refractivity (Wildman–Crippen MR) is 82.0 cm³/mol. The lowest BCUT2D eigenvalue weighted by atomic mass is 10.1. The smallest absolute Gasteiger partial charge is 0.325 e. The van der Waals surface area contributed by atoms with Crippen LogP contribution < -0.4 is 10.6 Å². The Morgan fingerprint density at radius 1 is 1.30 bits per heavy atom. The van der Waals surface area contributed by atoms with Crippen molar-refractivity contribution in [2.45, 2.75) is 26.3 Å². The summed E-state index contributed by atoms with van der Waals surface area (Å²) < 4.78 is 12.8. The number of urea groups is 1. The summed E-state index contributed by atoms with van der Waals surface area (Å²) in [6.07, 6.45) is 0.542. The Labute approximate surface area is 134 Å². The van der Waals surface area contributed by atoms with E-state index in [1.165, 1.54) is 12.1 Å². The number of halogens is 1. The number of imide groups is 1. The van der Waals surface area contributed by atoms with Crippen molar-refractivity contribution in [2.75, 3.05) is 13.1 Å². The van der Waals surface area contributed by atoms with Crippen LogP contribution in [0.5, 0.6) is 0 Å². The summed E-state index contributed by atoms with van der Waals surface area (Å²) in [5, 5.41) is 5.22. The van der Waals surface area contributed by atoms with Crippen molar-refractivity contribution in [1.29, 1.82) is 0 Å². The van der Waals surface area contributed by atoms with Crippen LogP contribution in [-0.4, -0.2) is 41.9 Å². The summed E-state index contributed by atoms with van der Waals surface area (Å²) in [4.78, 5) is 36.6. The molecule has 1 atom stereocenters. The number of hydrogen-bond acceptors (Lipinski definition) is 3. The molecular weight excluding hydrogens is 301 g/mol. The highest BCUT2D eigenvalue weighted by atomic mass is 19.1. The number of benzene rings is 1. The Bertz CT molecular complexity index is 601. The van der Waals surface area contributed by atoms with Crippen LogP contribution in [0.15, 0.2) is 24.3 Å². The first-order chi connectivity index (χ1) is 10.9. The summed E-state index contributed by atoms with van der Waals surface area (Å²) in [5.74, 6) is -1.12. The van der Waals surface area contributed by atoms with Gasteiger partial charge in [-0.25, -0.2) is 9.18 Å². The first kappa shape index (κ1) is 16.9. The molecule has 23 heavy (non-hydrogen) atoms. The SMILES string of the molecule is CC(C)C1NC(=O)N(CC(=O)NCCc2ccc(F)cc2)C1=O. The molecule has 0 bridgehead atoms. The van der Waals surface area contributed by atoms with Gasteiger partial charge in [0.15, 0.2) is 0 Å². The minimum atomic E-state index is -0.575. The fraction of sp³-hybridized carbons (Fsp3) is 0.438. The van der Waals surface area contributed by atoms with Gasteiger partial charge in [0, 0.05) is 6.54 Å². The van der Waals surface area contributed by atoms with E-state index in [0.717, 1.165) is 10.5 Å². The van der Waals surface area contributed by atoms with Gasteiger partial charge in [0.25, 0.3) is 5.91 Å². The summed E-state index contributed by atoms with van der Waals surface area (Å²) in [6.45, 7) is 3.71. The van der Waals surface area contributed by atoms with Gasteiger partial charge in [-0.3, -0.25) is 14.5 Å². The highest BCUT2D eigenvalue weighted by Crippen LogP contribution is 2.13. The van der Waals surface area contributed by atoms with E-state index >= 15 is 0 Å². The van der Waals surface area contributed by atoms with E-state index in [1.807, 2.05) is 13.8 Å². The molecule has 2 N–H and O–H groups in total. The molecule has 0 radical (unpaired) electrons. The molecule has 1 aromatic carbocycles. The van der Waals surface area contributed by atoms with Gasteiger partial charge in [-0.1, -0.05) is 26.0 Å². The number of carbonyl (C=O) groups is 3. The number of nitrogens with one attached hydrogen (secondary N) is 2. The average Bonchev–Trinajstić information content (AvgIpc) is 2.77. The summed E-state index contributed by atoms with van der Waals surface area (Å²) in [5.41, 5.74) is 0.890. The number of hydrogen-bond donors (Lipinski definition) is 2. The van der Waals surface area contributed by atoms with Crippen LogP contribution >= 0.6 is 0 Å². The van der Waals surface area contributed by atoms with E-state index in [9.17, 15) is 18.8 Å². The molecule has 0 spiro atoms. The highest BCUT2D eigenvalue weighted by Gasteiger charge is 2.40. The van der Waals surface area contributed by atoms with Gasteiger partial charge in [0.05, 0.1) is 0 Å². The van der Waals surface area contributed by atoms with Crippen LogP contribution in [0.2, 0.25) is 0 Å². The van der Waals surface area contributed by atoms with Gasteiger partial charge in [-0.15, -0.1) is 0 Å². The van der Waals surface area contributed by atoms with E-state index in [4.69, 9.17) is 0 Å².